The molecule has 2 fully saturated rings. The Labute approximate surface area is 164 Å². The predicted octanol–water partition coefficient (Wildman–Crippen LogP) is 3.09. The van der Waals surface area contributed by atoms with E-state index in [2.05, 4.69) is 15.7 Å². The lowest BCUT2D eigenvalue weighted by molar-refractivity contribution is 0.0214. The van der Waals surface area contributed by atoms with Crippen molar-refractivity contribution < 1.29 is 13.2 Å². The van der Waals surface area contributed by atoms with E-state index in [-0.39, 0.29) is 0 Å². The molecule has 27 heavy (non-hydrogen) atoms. The minimum Gasteiger partial charge on any atom is -0.381 e. The zero-order valence-corrected chi connectivity index (χ0v) is 18.0. The van der Waals surface area contributed by atoms with Gasteiger partial charge >= 0.3 is 0 Å². The van der Waals surface area contributed by atoms with Gasteiger partial charge in [-0.3, -0.25) is 0 Å². The summed E-state index contributed by atoms with van der Waals surface area (Å²) in [6, 6.07) is 2.72. The molecule has 0 radical (unpaired) electrons. The van der Waals surface area contributed by atoms with Crippen molar-refractivity contribution in [3.63, 3.8) is 0 Å². The summed E-state index contributed by atoms with van der Waals surface area (Å²) >= 11 is 0. The van der Waals surface area contributed by atoms with Crippen LogP contribution in [0.25, 0.3) is 0 Å². The molecule has 1 aromatic rings. The molecule has 5 nitrogen and oxygen atoms in total. The van der Waals surface area contributed by atoms with Gasteiger partial charge in [-0.2, -0.15) is 0 Å². The first-order valence-corrected chi connectivity index (χ1v) is 11.7. The summed E-state index contributed by atoms with van der Waals surface area (Å²) in [6.07, 6.45) is 4.38. The lowest BCUT2D eigenvalue weighted by Gasteiger charge is -2.39. The Bertz CT molecular complexity index is 736. The molecular formula is C21H34N2O3S. The maximum absolute atomic E-state index is 13.0. The molecule has 2 heterocycles. The number of piperidine rings is 1. The highest BCUT2D eigenvalue weighted by atomic mass is 32.2. The Morgan fingerprint density at radius 1 is 1.00 bits per heavy atom. The summed E-state index contributed by atoms with van der Waals surface area (Å²) in [5.74, 6) is 0.419. The number of ether oxygens (including phenoxy) is 1. The molecule has 0 unspecified atom stereocenters. The Balaban J connectivity index is 1.59. The van der Waals surface area contributed by atoms with E-state index in [0.717, 1.165) is 74.2 Å². The van der Waals surface area contributed by atoms with Crippen LogP contribution in [0.3, 0.4) is 0 Å². The highest BCUT2D eigenvalue weighted by molar-refractivity contribution is 7.89. The molecule has 0 aromatic heterocycles. The van der Waals surface area contributed by atoms with Crippen LogP contribution in [0.5, 0.6) is 0 Å². The second kappa shape index (κ2) is 8.60. The van der Waals surface area contributed by atoms with Gasteiger partial charge in [-0.15, -0.1) is 0 Å². The van der Waals surface area contributed by atoms with Crippen molar-refractivity contribution >= 4 is 10.0 Å². The van der Waals surface area contributed by atoms with Crippen molar-refractivity contribution in [2.75, 3.05) is 32.8 Å². The Morgan fingerprint density at radius 3 is 2.11 bits per heavy atom. The van der Waals surface area contributed by atoms with Gasteiger partial charge in [0.2, 0.25) is 10.0 Å². The molecule has 3 rings (SSSR count). The molecular weight excluding hydrogens is 360 g/mol. The topological polar surface area (TPSA) is 58.6 Å². The van der Waals surface area contributed by atoms with Crippen LogP contribution in [0.4, 0.5) is 0 Å². The third kappa shape index (κ3) is 4.73. The highest BCUT2D eigenvalue weighted by Gasteiger charge is 2.28. The maximum atomic E-state index is 13.0. The number of likely N-dealkylation sites (tertiary alicyclic amines) is 1. The summed E-state index contributed by atoms with van der Waals surface area (Å²) in [5.41, 5.74) is 3.78. The van der Waals surface area contributed by atoms with Crippen LogP contribution in [-0.2, 0) is 14.8 Å². The third-order valence-electron chi connectivity index (χ3n) is 6.48. The second-order valence-corrected chi connectivity index (χ2v) is 9.97. The van der Waals surface area contributed by atoms with E-state index in [4.69, 9.17) is 4.74 Å². The minimum atomic E-state index is -3.48. The standard InChI is InChI=1S/C21H34N2O3S/c1-15-13-16(2)18(4)21(17(15)3)27(24,25)22-14-19-5-9-23(10-6-19)20-7-11-26-12-8-20/h13,19-20,22H,5-12,14H2,1-4H3. The minimum absolute atomic E-state index is 0.419. The molecule has 0 bridgehead atoms. The fraction of sp³-hybridized carbons (Fsp3) is 0.714. The summed E-state index contributed by atoms with van der Waals surface area (Å²) in [5, 5.41) is 0. The molecule has 0 aliphatic carbocycles. The van der Waals surface area contributed by atoms with Crippen LogP contribution in [0.15, 0.2) is 11.0 Å². The molecule has 1 N–H and O–H groups in total. The average Bonchev–Trinajstić information content (AvgIpc) is 2.66. The first kappa shape index (κ1) is 20.8. The third-order valence-corrected chi connectivity index (χ3v) is 8.18. The van der Waals surface area contributed by atoms with Crippen LogP contribution in [0.2, 0.25) is 0 Å². The van der Waals surface area contributed by atoms with Crippen molar-refractivity contribution in [2.24, 2.45) is 5.92 Å². The van der Waals surface area contributed by atoms with E-state index in [1.165, 1.54) is 0 Å². The number of benzene rings is 1. The fourth-order valence-corrected chi connectivity index (χ4v) is 6.18. The summed E-state index contributed by atoms with van der Waals surface area (Å²) in [7, 11) is -3.48. The average molecular weight is 395 g/mol. The van der Waals surface area contributed by atoms with Crippen molar-refractivity contribution in [1.82, 2.24) is 9.62 Å². The van der Waals surface area contributed by atoms with Gasteiger partial charge in [-0.1, -0.05) is 6.07 Å². The summed E-state index contributed by atoms with van der Waals surface area (Å²) in [4.78, 5) is 3.05. The lowest BCUT2D eigenvalue weighted by atomic mass is 9.94. The van der Waals surface area contributed by atoms with Gasteiger partial charge in [0.15, 0.2) is 0 Å². The van der Waals surface area contributed by atoms with E-state index in [0.29, 0.717) is 23.4 Å². The molecule has 2 saturated heterocycles. The zero-order chi connectivity index (χ0) is 19.6. The number of nitrogens with one attached hydrogen (secondary N) is 1. The quantitative estimate of drug-likeness (QED) is 0.834. The van der Waals surface area contributed by atoms with E-state index in [9.17, 15) is 8.42 Å². The molecule has 1 aromatic carbocycles. The molecule has 2 aliphatic heterocycles. The van der Waals surface area contributed by atoms with Crippen molar-refractivity contribution in [3.05, 3.63) is 28.3 Å². The lowest BCUT2D eigenvalue weighted by Crippen LogP contribution is -2.45. The number of rotatable bonds is 5. The number of aryl methyl sites for hydroxylation is 2. The number of hydrogen-bond donors (Lipinski definition) is 1. The van der Waals surface area contributed by atoms with Gasteiger partial charge in [0.05, 0.1) is 4.90 Å². The van der Waals surface area contributed by atoms with Crippen LogP contribution in [-0.4, -0.2) is 52.2 Å². The fourth-order valence-electron chi connectivity index (χ4n) is 4.46. The molecule has 6 heteroatoms. The second-order valence-electron chi connectivity index (χ2n) is 8.26. The Kier molecular flexibility index (Phi) is 6.62. The maximum Gasteiger partial charge on any atom is 0.241 e. The van der Waals surface area contributed by atoms with Crippen LogP contribution < -0.4 is 4.72 Å². The van der Waals surface area contributed by atoms with E-state index < -0.39 is 10.0 Å². The Hall–Kier alpha value is -0.950. The number of sulfonamides is 1. The molecule has 0 spiro atoms. The number of nitrogens with zero attached hydrogens (tertiary/aromatic N) is 1. The van der Waals surface area contributed by atoms with Crippen molar-refractivity contribution in [3.8, 4) is 0 Å². The van der Waals surface area contributed by atoms with Crippen molar-refractivity contribution in [2.45, 2.75) is 64.3 Å². The van der Waals surface area contributed by atoms with Crippen LogP contribution in [0.1, 0.15) is 47.9 Å². The predicted molar refractivity (Wildman–Crippen MR) is 109 cm³/mol. The largest absolute Gasteiger partial charge is 0.381 e. The number of hydrogen-bond acceptors (Lipinski definition) is 4. The van der Waals surface area contributed by atoms with Gasteiger partial charge < -0.3 is 9.64 Å². The first-order valence-electron chi connectivity index (χ1n) is 10.2. The molecule has 0 amide bonds. The van der Waals surface area contributed by atoms with Gasteiger partial charge in [0, 0.05) is 25.8 Å². The molecule has 2 aliphatic rings. The van der Waals surface area contributed by atoms with E-state index >= 15 is 0 Å². The van der Waals surface area contributed by atoms with E-state index in [1.807, 2.05) is 27.7 Å². The normalized spacial score (nSPS) is 20.9. The Morgan fingerprint density at radius 2 is 1.56 bits per heavy atom. The van der Waals surface area contributed by atoms with Gasteiger partial charge in [-0.25, -0.2) is 13.1 Å². The summed E-state index contributed by atoms with van der Waals surface area (Å²) in [6.45, 7) is 12.2. The zero-order valence-electron chi connectivity index (χ0n) is 17.2. The first-order chi connectivity index (χ1) is 12.8. The molecule has 0 atom stereocenters. The smallest absolute Gasteiger partial charge is 0.241 e. The summed E-state index contributed by atoms with van der Waals surface area (Å²) < 4.78 is 34.4. The highest BCUT2D eigenvalue weighted by Crippen LogP contribution is 2.27. The SMILES string of the molecule is Cc1cc(C)c(C)c(S(=O)(=O)NCC2CCN(C3CCOCC3)CC2)c1C. The van der Waals surface area contributed by atoms with Crippen LogP contribution >= 0.6 is 0 Å². The molecule has 0 saturated carbocycles. The van der Waals surface area contributed by atoms with Gasteiger partial charge in [0.25, 0.3) is 0 Å². The van der Waals surface area contributed by atoms with Crippen LogP contribution in [0, 0.1) is 33.6 Å². The molecule has 152 valence electrons. The monoisotopic (exact) mass is 394 g/mol. The van der Waals surface area contributed by atoms with E-state index in [1.54, 1.807) is 0 Å². The van der Waals surface area contributed by atoms with Crippen molar-refractivity contribution in [1.29, 1.82) is 0 Å². The van der Waals surface area contributed by atoms with Gasteiger partial charge in [0.1, 0.15) is 0 Å². The van der Waals surface area contributed by atoms with Gasteiger partial charge in [-0.05, 0) is 94.6 Å².